The second-order valence-electron chi connectivity index (χ2n) is 6.00. The summed E-state index contributed by atoms with van der Waals surface area (Å²) < 4.78 is 19.1. The number of benzene rings is 2. The average Bonchev–Trinajstić information content (AvgIpc) is 2.67. The van der Waals surface area contributed by atoms with E-state index >= 15 is 0 Å². The Hall–Kier alpha value is -2.92. The Morgan fingerprint density at radius 3 is 2.56 bits per heavy atom. The maximum atomic E-state index is 14.0. The standard InChI is InChI=1S/C21H18ClFN2O2/c1-13-4-3-5-16(22)19(13)21(26)24-12-14-6-8-15(9-7-14)20-17(23)10-11-18(25-20)27-2/h3-11H,12H2,1-2H3,(H,24,26). The minimum atomic E-state index is -0.425. The van der Waals surface area contributed by atoms with E-state index in [4.69, 9.17) is 16.3 Å². The van der Waals surface area contributed by atoms with E-state index in [2.05, 4.69) is 10.3 Å². The summed E-state index contributed by atoms with van der Waals surface area (Å²) in [6, 6.07) is 15.3. The van der Waals surface area contributed by atoms with Crippen LogP contribution in [0.2, 0.25) is 5.02 Å². The zero-order valence-electron chi connectivity index (χ0n) is 14.9. The molecule has 3 aromatic rings. The van der Waals surface area contributed by atoms with E-state index in [1.54, 1.807) is 24.3 Å². The molecule has 4 nitrogen and oxygen atoms in total. The molecule has 0 aliphatic heterocycles. The molecule has 2 aromatic carbocycles. The molecule has 0 fully saturated rings. The summed E-state index contributed by atoms with van der Waals surface area (Å²) in [5.74, 6) is -0.313. The summed E-state index contributed by atoms with van der Waals surface area (Å²) in [5.41, 5.74) is 3.01. The summed E-state index contributed by atoms with van der Waals surface area (Å²) in [6.45, 7) is 2.17. The number of pyridine rings is 1. The summed E-state index contributed by atoms with van der Waals surface area (Å²) >= 11 is 6.12. The summed E-state index contributed by atoms with van der Waals surface area (Å²) in [7, 11) is 1.48. The van der Waals surface area contributed by atoms with E-state index in [-0.39, 0.29) is 11.6 Å². The van der Waals surface area contributed by atoms with Gasteiger partial charge >= 0.3 is 0 Å². The Bertz CT molecular complexity index is 954. The van der Waals surface area contributed by atoms with E-state index < -0.39 is 5.82 Å². The fourth-order valence-electron chi connectivity index (χ4n) is 2.71. The number of aromatic nitrogens is 1. The smallest absolute Gasteiger partial charge is 0.253 e. The van der Waals surface area contributed by atoms with Crippen molar-refractivity contribution >= 4 is 17.5 Å². The number of ether oxygens (including phenoxy) is 1. The predicted molar refractivity (Wildman–Crippen MR) is 104 cm³/mol. The zero-order valence-corrected chi connectivity index (χ0v) is 15.7. The number of hydrogen-bond acceptors (Lipinski definition) is 3. The Morgan fingerprint density at radius 2 is 1.89 bits per heavy atom. The van der Waals surface area contributed by atoms with Crippen molar-refractivity contribution in [3.63, 3.8) is 0 Å². The molecule has 1 heterocycles. The van der Waals surface area contributed by atoms with Crippen LogP contribution < -0.4 is 10.1 Å². The second kappa shape index (κ2) is 8.18. The summed E-state index contributed by atoms with van der Waals surface area (Å²) in [5, 5.41) is 3.27. The fraction of sp³-hybridized carbons (Fsp3) is 0.143. The third-order valence-electron chi connectivity index (χ3n) is 4.16. The Morgan fingerprint density at radius 1 is 1.15 bits per heavy atom. The van der Waals surface area contributed by atoms with Gasteiger partial charge < -0.3 is 10.1 Å². The van der Waals surface area contributed by atoms with Crippen molar-refractivity contribution < 1.29 is 13.9 Å². The van der Waals surface area contributed by atoms with Gasteiger partial charge in [-0.1, -0.05) is 48.0 Å². The average molecular weight is 385 g/mol. The van der Waals surface area contributed by atoms with Crippen molar-refractivity contribution in [2.45, 2.75) is 13.5 Å². The molecule has 1 aromatic heterocycles. The highest BCUT2D eigenvalue weighted by Gasteiger charge is 2.13. The first-order valence-electron chi connectivity index (χ1n) is 8.32. The quantitative estimate of drug-likeness (QED) is 0.688. The monoisotopic (exact) mass is 384 g/mol. The number of methoxy groups -OCH3 is 1. The van der Waals surface area contributed by atoms with Gasteiger partial charge in [-0.2, -0.15) is 0 Å². The first kappa shape index (κ1) is 18.9. The van der Waals surface area contributed by atoms with E-state index in [0.717, 1.165) is 11.1 Å². The normalized spacial score (nSPS) is 10.5. The van der Waals surface area contributed by atoms with E-state index in [0.29, 0.717) is 28.6 Å². The van der Waals surface area contributed by atoms with Crippen molar-refractivity contribution in [2.75, 3.05) is 7.11 Å². The lowest BCUT2D eigenvalue weighted by Gasteiger charge is -2.10. The minimum absolute atomic E-state index is 0.219. The molecule has 0 radical (unpaired) electrons. The molecule has 0 unspecified atom stereocenters. The number of nitrogens with zero attached hydrogens (tertiary/aromatic N) is 1. The van der Waals surface area contributed by atoms with Gasteiger partial charge in [0.05, 0.1) is 17.7 Å². The number of hydrogen-bond donors (Lipinski definition) is 1. The topological polar surface area (TPSA) is 51.2 Å². The molecule has 138 valence electrons. The minimum Gasteiger partial charge on any atom is -0.481 e. The lowest BCUT2D eigenvalue weighted by Crippen LogP contribution is -2.24. The number of nitrogens with one attached hydrogen (secondary N) is 1. The van der Waals surface area contributed by atoms with Gasteiger partial charge in [0.1, 0.15) is 11.5 Å². The van der Waals surface area contributed by atoms with Crippen molar-refractivity contribution in [2.24, 2.45) is 0 Å². The highest BCUT2D eigenvalue weighted by atomic mass is 35.5. The van der Waals surface area contributed by atoms with Crippen molar-refractivity contribution in [3.8, 4) is 17.1 Å². The summed E-state index contributed by atoms with van der Waals surface area (Å²) in [6.07, 6.45) is 0. The molecule has 0 bridgehead atoms. The van der Waals surface area contributed by atoms with E-state index in [9.17, 15) is 9.18 Å². The van der Waals surface area contributed by atoms with Crippen molar-refractivity contribution in [1.29, 1.82) is 0 Å². The third kappa shape index (κ3) is 4.26. The number of amides is 1. The zero-order chi connectivity index (χ0) is 19.4. The summed E-state index contributed by atoms with van der Waals surface area (Å²) in [4.78, 5) is 16.5. The third-order valence-corrected chi connectivity index (χ3v) is 4.47. The van der Waals surface area contributed by atoms with Crippen molar-refractivity contribution in [3.05, 3.63) is 82.1 Å². The van der Waals surface area contributed by atoms with Gasteiger partial charge in [-0.05, 0) is 30.2 Å². The van der Waals surface area contributed by atoms with Crippen LogP contribution in [-0.2, 0) is 6.54 Å². The maximum Gasteiger partial charge on any atom is 0.253 e. The predicted octanol–water partition coefficient (Wildman–Crippen LogP) is 4.79. The largest absolute Gasteiger partial charge is 0.481 e. The second-order valence-corrected chi connectivity index (χ2v) is 6.40. The van der Waals surface area contributed by atoms with Gasteiger partial charge in [0.25, 0.3) is 5.91 Å². The van der Waals surface area contributed by atoms with Crippen LogP contribution in [0.1, 0.15) is 21.5 Å². The van der Waals surface area contributed by atoms with Gasteiger partial charge in [-0.25, -0.2) is 9.37 Å². The van der Waals surface area contributed by atoms with Crippen LogP contribution in [0.3, 0.4) is 0 Å². The Labute approximate surface area is 162 Å². The molecular weight excluding hydrogens is 367 g/mol. The molecule has 0 saturated carbocycles. The van der Waals surface area contributed by atoms with Crippen LogP contribution in [0.25, 0.3) is 11.3 Å². The highest BCUT2D eigenvalue weighted by molar-refractivity contribution is 6.34. The molecule has 3 rings (SSSR count). The lowest BCUT2D eigenvalue weighted by atomic mass is 10.1. The maximum absolute atomic E-state index is 14.0. The SMILES string of the molecule is COc1ccc(F)c(-c2ccc(CNC(=O)c3c(C)cccc3Cl)cc2)n1. The van der Waals surface area contributed by atoms with E-state index in [1.807, 2.05) is 25.1 Å². The highest BCUT2D eigenvalue weighted by Crippen LogP contribution is 2.24. The molecule has 6 heteroatoms. The van der Waals surface area contributed by atoms with Crippen LogP contribution in [0.15, 0.2) is 54.6 Å². The molecule has 1 N–H and O–H groups in total. The van der Waals surface area contributed by atoms with Gasteiger partial charge in [0.15, 0.2) is 0 Å². The molecule has 27 heavy (non-hydrogen) atoms. The first-order chi connectivity index (χ1) is 13.0. The number of rotatable bonds is 5. The number of carbonyl (C=O) groups excluding carboxylic acids is 1. The van der Waals surface area contributed by atoms with Crippen LogP contribution in [-0.4, -0.2) is 18.0 Å². The molecule has 1 amide bonds. The van der Waals surface area contributed by atoms with Crippen LogP contribution >= 0.6 is 11.6 Å². The van der Waals surface area contributed by atoms with Gasteiger partial charge in [0, 0.05) is 18.2 Å². The van der Waals surface area contributed by atoms with Gasteiger partial charge in [-0.15, -0.1) is 0 Å². The van der Waals surface area contributed by atoms with E-state index in [1.165, 1.54) is 19.2 Å². The Balaban J connectivity index is 1.72. The molecule has 0 atom stereocenters. The molecular formula is C21H18ClFN2O2. The molecule has 0 saturated heterocycles. The number of aryl methyl sites for hydroxylation is 1. The molecule has 0 aliphatic rings. The molecule has 0 aliphatic carbocycles. The Kier molecular flexibility index (Phi) is 5.72. The number of carbonyl (C=O) groups is 1. The number of halogens is 2. The van der Waals surface area contributed by atoms with Gasteiger partial charge in [-0.3, -0.25) is 4.79 Å². The van der Waals surface area contributed by atoms with Gasteiger partial charge in [0.2, 0.25) is 5.88 Å². The fourth-order valence-corrected chi connectivity index (χ4v) is 3.02. The van der Waals surface area contributed by atoms with Crippen LogP contribution in [0, 0.1) is 12.7 Å². The first-order valence-corrected chi connectivity index (χ1v) is 8.70. The van der Waals surface area contributed by atoms with Crippen LogP contribution in [0.5, 0.6) is 5.88 Å². The lowest BCUT2D eigenvalue weighted by molar-refractivity contribution is 0.0950. The molecule has 0 spiro atoms. The van der Waals surface area contributed by atoms with Crippen molar-refractivity contribution in [1.82, 2.24) is 10.3 Å². The van der Waals surface area contributed by atoms with Crippen LogP contribution in [0.4, 0.5) is 4.39 Å².